The molecule has 148 valence electrons. The van der Waals surface area contributed by atoms with Crippen molar-refractivity contribution in [2.45, 2.75) is 25.3 Å². The molecule has 9 heteroatoms. The summed E-state index contributed by atoms with van der Waals surface area (Å²) < 4.78 is 1.52. The number of aromatic hydroxyl groups is 1. The van der Waals surface area contributed by atoms with Gasteiger partial charge in [-0.1, -0.05) is 0 Å². The molecule has 3 aromatic rings. The fourth-order valence-corrected chi connectivity index (χ4v) is 3.39. The second-order valence-corrected chi connectivity index (χ2v) is 7.12. The summed E-state index contributed by atoms with van der Waals surface area (Å²) in [4.78, 5) is 6.83. The molecular weight excluding hydrogens is 399 g/mol. The number of fused-ring (bicyclic) bond motifs is 1. The molecule has 0 amide bonds. The molecule has 3 N–H and O–H groups in total. The fourth-order valence-electron chi connectivity index (χ4n) is 3.39. The molecule has 4 heterocycles. The van der Waals surface area contributed by atoms with Crippen LogP contribution in [0.2, 0.25) is 0 Å². The molecule has 1 fully saturated rings. The molecule has 0 unspecified atom stereocenters. The van der Waals surface area contributed by atoms with Crippen molar-refractivity contribution in [1.29, 1.82) is 5.26 Å². The lowest BCUT2D eigenvalue weighted by molar-refractivity contribution is 0.363. The summed E-state index contributed by atoms with van der Waals surface area (Å²) in [5, 5.41) is 23.4. The summed E-state index contributed by atoms with van der Waals surface area (Å²) in [6, 6.07) is 7.71. The summed E-state index contributed by atoms with van der Waals surface area (Å²) in [7, 11) is 0. The Morgan fingerprint density at radius 1 is 1.21 bits per heavy atom. The summed E-state index contributed by atoms with van der Waals surface area (Å²) in [6.07, 6.45) is 6.63. The molecule has 0 bridgehead atoms. The molecule has 7 nitrogen and oxygen atoms in total. The quantitative estimate of drug-likeness (QED) is 0.659. The van der Waals surface area contributed by atoms with Crippen molar-refractivity contribution in [3.8, 4) is 22.9 Å². The van der Waals surface area contributed by atoms with Crippen molar-refractivity contribution in [3.05, 3.63) is 42.4 Å². The maximum atomic E-state index is 9.98. The summed E-state index contributed by atoms with van der Waals surface area (Å²) in [6.45, 7) is 3.86. The van der Waals surface area contributed by atoms with Crippen LogP contribution in [0.5, 0.6) is 5.75 Å². The second-order valence-electron chi connectivity index (χ2n) is 7.12. The van der Waals surface area contributed by atoms with Gasteiger partial charge in [0.25, 0.3) is 0 Å². The lowest BCUT2D eigenvalue weighted by atomic mass is 9.91. The third-order valence-corrected chi connectivity index (χ3v) is 5.01. The first-order valence-electron chi connectivity index (χ1n) is 8.57. The van der Waals surface area contributed by atoms with Gasteiger partial charge in [-0.2, -0.15) is 10.4 Å². The van der Waals surface area contributed by atoms with Crippen molar-refractivity contribution in [1.82, 2.24) is 14.6 Å². The number of nitrogens with zero attached hydrogens (tertiary/aromatic N) is 5. The molecule has 0 spiro atoms. The van der Waals surface area contributed by atoms with Gasteiger partial charge in [0, 0.05) is 36.0 Å². The Morgan fingerprint density at radius 2 is 1.93 bits per heavy atom. The van der Waals surface area contributed by atoms with Gasteiger partial charge in [0.15, 0.2) is 0 Å². The van der Waals surface area contributed by atoms with Crippen LogP contribution in [-0.2, 0) is 0 Å². The number of nitrogens with two attached hydrogens (primary N) is 1. The third-order valence-electron chi connectivity index (χ3n) is 5.01. The Kier molecular flexibility index (Phi) is 6.40. The van der Waals surface area contributed by atoms with E-state index >= 15 is 0 Å². The zero-order valence-electron chi connectivity index (χ0n) is 15.4. The smallest absolute Gasteiger partial charge is 0.134 e. The molecule has 4 rings (SSSR count). The predicted molar refractivity (Wildman–Crippen MR) is 113 cm³/mol. The number of nitriles is 1. The average Bonchev–Trinajstić information content (AvgIpc) is 3.04. The highest BCUT2D eigenvalue weighted by molar-refractivity contribution is 5.86. The minimum absolute atomic E-state index is 0. The second kappa shape index (κ2) is 8.23. The SMILES string of the molecule is CC1(N)CCN(c2ccc(-c3cc(O)cn4ncc(C#N)c34)cn2)CC1.Cl.Cl. The molecule has 0 saturated carbocycles. The highest BCUT2D eigenvalue weighted by Crippen LogP contribution is 2.31. The Balaban J connectivity index is 0.00000140. The molecule has 0 aliphatic carbocycles. The summed E-state index contributed by atoms with van der Waals surface area (Å²) in [5.41, 5.74) is 8.78. The number of hydrogen-bond donors (Lipinski definition) is 2. The van der Waals surface area contributed by atoms with Gasteiger partial charge in [-0.05, 0) is 38.0 Å². The van der Waals surface area contributed by atoms with E-state index in [0.29, 0.717) is 11.1 Å². The van der Waals surface area contributed by atoms with Crippen LogP contribution >= 0.6 is 24.8 Å². The third kappa shape index (κ3) is 3.99. The maximum absolute atomic E-state index is 9.98. The molecule has 1 saturated heterocycles. The zero-order valence-corrected chi connectivity index (χ0v) is 17.0. The van der Waals surface area contributed by atoms with Crippen LogP contribution in [0.3, 0.4) is 0 Å². The molecule has 1 aliphatic rings. The lowest BCUT2D eigenvalue weighted by Gasteiger charge is -2.37. The Labute approximate surface area is 175 Å². The molecule has 0 atom stereocenters. The summed E-state index contributed by atoms with van der Waals surface area (Å²) in [5.74, 6) is 0.997. The topological polar surface area (TPSA) is 103 Å². The van der Waals surface area contributed by atoms with Gasteiger partial charge in [0.2, 0.25) is 0 Å². The van der Waals surface area contributed by atoms with E-state index in [4.69, 9.17) is 5.73 Å². The van der Waals surface area contributed by atoms with Crippen LogP contribution in [-0.4, -0.2) is 38.3 Å². The van der Waals surface area contributed by atoms with E-state index in [0.717, 1.165) is 42.9 Å². The number of piperidine rings is 1. The van der Waals surface area contributed by atoms with E-state index in [-0.39, 0.29) is 36.1 Å². The monoisotopic (exact) mass is 420 g/mol. The van der Waals surface area contributed by atoms with Crippen molar-refractivity contribution in [3.63, 3.8) is 0 Å². The minimum atomic E-state index is -0.0979. The predicted octanol–water partition coefficient (Wildman–Crippen LogP) is 3.13. The Morgan fingerprint density at radius 3 is 2.54 bits per heavy atom. The normalized spacial score (nSPS) is 15.4. The van der Waals surface area contributed by atoms with Crippen molar-refractivity contribution in [2.75, 3.05) is 18.0 Å². The first-order chi connectivity index (χ1) is 12.5. The van der Waals surface area contributed by atoms with Gasteiger partial charge in [0.05, 0.1) is 23.5 Å². The van der Waals surface area contributed by atoms with Gasteiger partial charge < -0.3 is 15.7 Å². The summed E-state index contributed by atoms with van der Waals surface area (Å²) >= 11 is 0. The van der Waals surface area contributed by atoms with E-state index in [2.05, 4.69) is 28.0 Å². The minimum Gasteiger partial charge on any atom is -0.506 e. The first-order valence-corrected chi connectivity index (χ1v) is 8.57. The Bertz CT molecular complexity index is 1000. The maximum Gasteiger partial charge on any atom is 0.134 e. The van der Waals surface area contributed by atoms with Gasteiger partial charge in [-0.3, -0.25) is 0 Å². The van der Waals surface area contributed by atoms with E-state index < -0.39 is 0 Å². The van der Waals surface area contributed by atoms with Gasteiger partial charge in [-0.25, -0.2) is 9.50 Å². The molecule has 3 aromatic heterocycles. The van der Waals surface area contributed by atoms with E-state index in [9.17, 15) is 10.4 Å². The molecule has 1 aliphatic heterocycles. The molecule has 28 heavy (non-hydrogen) atoms. The van der Waals surface area contributed by atoms with Crippen LogP contribution in [0.15, 0.2) is 36.8 Å². The average molecular weight is 421 g/mol. The highest BCUT2D eigenvalue weighted by Gasteiger charge is 2.26. The van der Waals surface area contributed by atoms with Crippen LogP contribution < -0.4 is 10.6 Å². The molecule has 0 aromatic carbocycles. The van der Waals surface area contributed by atoms with Crippen LogP contribution in [0.1, 0.15) is 25.3 Å². The van der Waals surface area contributed by atoms with Crippen molar-refractivity contribution < 1.29 is 5.11 Å². The Hall–Kier alpha value is -2.53. The van der Waals surface area contributed by atoms with E-state index in [1.165, 1.54) is 16.9 Å². The van der Waals surface area contributed by atoms with Gasteiger partial charge in [-0.15, -0.1) is 24.8 Å². The largest absolute Gasteiger partial charge is 0.506 e. The van der Waals surface area contributed by atoms with Crippen molar-refractivity contribution in [2.24, 2.45) is 5.73 Å². The van der Waals surface area contributed by atoms with Crippen LogP contribution in [0.4, 0.5) is 5.82 Å². The number of aromatic nitrogens is 3. The van der Waals surface area contributed by atoms with E-state index in [1.807, 2.05) is 12.1 Å². The molecular formula is C19H22Cl2N6O. The lowest BCUT2D eigenvalue weighted by Crippen LogP contribution is -2.48. The molecule has 0 radical (unpaired) electrons. The number of anilines is 1. The van der Waals surface area contributed by atoms with Gasteiger partial charge >= 0.3 is 0 Å². The number of hydrogen-bond acceptors (Lipinski definition) is 6. The van der Waals surface area contributed by atoms with E-state index in [1.54, 1.807) is 12.3 Å². The van der Waals surface area contributed by atoms with Gasteiger partial charge in [0.1, 0.15) is 17.6 Å². The zero-order chi connectivity index (χ0) is 18.3. The standard InChI is InChI=1S/C19H20N6O.2ClH/c1-19(21)4-6-24(7-5-19)17-3-2-13(10-22-17)16-8-15(26)12-25-18(16)14(9-20)11-23-25;;/h2-3,8,10-12,26H,4-7,21H2,1H3;2*1H. The highest BCUT2D eigenvalue weighted by atomic mass is 35.5. The first kappa shape index (κ1) is 21.8. The number of pyridine rings is 2. The van der Waals surface area contributed by atoms with Crippen molar-refractivity contribution >= 4 is 36.1 Å². The number of halogens is 2. The van der Waals surface area contributed by atoms with Crippen LogP contribution in [0.25, 0.3) is 16.6 Å². The fraction of sp³-hybridized carbons (Fsp3) is 0.316. The number of rotatable bonds is 2. The van der Waals surface area contributed by atoms with Crippen LogP contribution in [0, 0.1) is 11.3 Å².